The maximum Gasteiger partial charge on any atom is 0.161 e. The van der Waals surface area contributed by atoms with Crippen molar-refractivity contribution in [1.82, 2.24) is 19.9 Å². The van der Waals surface area contributed by atoms with Gasteiger partial charge in [0, 0.05) is 48.7 Å². The average molecular weight is 659 g/mol. The third-order valence-corrected chi connectivity index (χ3v) is 10.3. The highest BCUT2D eigenvalue weighted by molar-refractivity contribution is 7.26. The summed E-state index contributed by atoms with van der Waals surface area (Å²) in [6, 6.07) is 53.7. The number of nitrogens with zero attached hydrogens (tertiary/aromatic N) is 4. The van der Waals surface area contributed by atoms with Gasteiger partial charge in [0.2, 0.25) is 0 Å². The number of fused-ring (bicyclic) bond motifs is 6. The molecular weight excluding hydrogens is 633 g/mol. The van der Waals surface area contributed by atoms with Crippen molar-refractivity contribution in [3.63, 3.8) is 0 Å². The zero-order valence-corrected chi connectivity index (χ0v) is 27.4. The lowest BCUT2D eigenvalue weighted by molar-refractivity contribution is 0.669. The second-order valence-corrected chi connectivity index (χ2v) is 13.3. The van der Waals surface area contributed by atoms with Crippen molar-refractivity contribution in [2.75, 3.05) is 0 Å². The highest BCUT2D eigenvalue weighted by atomic mass is 32.1. The van der Waals surface area contributed by atoms with E-state index < -0.39 is 0 Å². The molecule has 0 atom stereocenters. The minimum absolute atomic E-state index is 0.651. The van der Waals surface area contributed by atoms with Gasteiger partial charge in [-0.2, -0.15) is 0 Å². The molecule has 0 bridgehead atoms. The number of benzene rings is 6. The molecule has 6 aromatic carbocycles. The molecular formula is C44H26N4OS. The smallest absolute Gasteiger partial charge is 0.161 e. The van der Waals surface area contributed by atoms with Crippen LogP contribution in [-0.2, 0) is 0 Å². The molecule has 0 N–H and O–H groups in total. The van der Waals surface area contributed by atoms with Crippen molar-refractivity contribution in [3.05, 3.63) is 158 Å². The van der Waals surface area contributed by atoms with Gasteiger partial charge in [-0.1, -0.05) is 127 Å². The van der Waals surface area contributed by atoms with Gasteiger partial charge in [-0.3, -0.25) is 0 Å². The van der Waals surface area contributed by atoms with Crippen LogP contribution in [0, 0.1) is 0 Å². The first-order chi connectivity index (χ1) is 24.8. The van der Waals surface area contributed by atoms with E-state index in [2.05, 4.69) is 91.0 Å². The normalized spacial score (nSPS) is 11.6. The molecule has 0 unspecified atom stereocenters. The van der Waals surface area contributed by atoms with E-state index in [0.29, 0.717) is 11.6 Å². The zero-order chi connectivity index (χ0) is 33.0. The molecule has 0 spiro atoms. The van der Waals surface area contributed by atoms with Gasteiger partial charge < -0.3 is 4.42 Å². The average Bonchev–Trinajstić information content (AvgIpc) is 3.76. The van der Waals surface area contributed by atoms with Crippen LogP contribution >= 0.6 is 11.3 Å². The third-order valence-electron chi connectivity index (χ3n) is 9.13. The highest BCUT2D eigenvalue weighted by Crippen LogP contribution is 2.42. The second kappa shape index (κ2) is 11.6. The molecule has 0 aliphatic carbocycles. The van der Waals surface area contributed by atoms with Crippen LogP contribution < -0.4 is 0 Å². The molecule has 5 nitrogen and oxygen atoms in total. The van der Waals surface area contributed by atoms with E-state index in [4.69, 9.17) is 24.4 Å². The number of aromatic nitrogens is 4. The molecule has 0 fully saturated rings. The van der Waals surface area contributed by atoms with E-state index in [1.165, 1.54) is 4.70 Å². The Bertz CT molecular complexity index is 2810. The number of hydrogen-bond donors (Lipinski definition) is 0. The van der Waals surface area contributed by atoms with E-state index in [0.717, 1.165) is 82.4 Å². The SMILES string of the molecule is c1ccc(-c2cc(-c3ccccc3)nc(-c3cccc4oc5cc(-c6nc(-c7ccccc7)nc7c6sc6ccccc67)ccc5c34)n2)cc1. The molecule has 4 aromatic heterocycles. The molecule has 10 rings (SSSR count). The standard InChI is InChI=1S/C44H26N4OS/c1-4-13-27(14-5-1)34-26-35(28-15-6-2-7-16-28)46-44(45-34)33-20-12-21-36-39(33)31-24-23-30(25-37(31)49-36)40-42-41(32-19-10-11-22-38(32)50-42)48-43(47-40)29-17-8-3-9-18-29/h1-26H. The van der Waals surface area contributed by atoms with Crippen LogP contribution in [0.15, 0.2) is 162 Å². The largest absolute Gasteiger partial charge is 0.456 e. The quantitative estimate of drug-likeness (QED) is 0.184. The van der Waals surface area contributed by atoms with Gasteiger partial charge in [0.05, 0.1) is 27.3 Å². The van der Waals surface area contributed by atoms with Gasteiger partial charge in [0.1, 0.15) is 11.2 Å². The highest BCUT2D eigenvalue weighted by Gasteiger charge is 2.20. The molecule has 6 heteroatoms. The summed E-state index contributed by atoms with van der Waals surface area (Å²) in [5.74, 6) is 1.35. The summed E-state index contributed by atoms with van der Waals surface area (Å²) < 4.78 is 8.84. The molecule has 0 aliphatic heterocycles. The van der Waals surface area contributed by atoms with Crippen molar-refractivity contribution in [2.45, 2.75) is 0 Å². The van der Waals surface area contributed by atoms with Gasteiger partial charge in [-0.15, -0.1) is 11.3 Å². The molecule has 0 saturated heterocycles. The lowest BCUT2D eigenvalue weighted by atomic mass is 10.0. The summed E-state index contributed by atoms with van der Waals surface area (Å²) in [4.78, 5) is 20.5. The maximum atomic E-state index is 6.60. The molecule has 0 aliphatic rings. The summed E-state index contributed by atoms with van der Waals surface area (Å²) in [5.41, 5.74) is 10.1. The summed E-state index contributed by atoms with van der Waals surface area (Å²) in [6.45, 7) is 0. The van der Waals surface area contributed by atoms with Crippen molar-refractivity contribution >= 4 is 53.6 Å². The molecule has 0 radical (unpaired) electrons. The van der Waals surface area contributed by atoms with Crippen LogP contribution in [0.25, 0.3) is 98.8 Å². The second-order valence-electron chi connectivity index (χ2n) is 12.2. The molecule has 0 saturated carbocycles. The zero-order valence-electron chi connectivity index (χ0n) is 26.6. The molecule has 4 heterocycles. The predicted molar refractivity (Wildman–Crippen MR) is 205 cm³/mol. The molecule has 50 heavy (non-hydrogen) atoms. The Morgan fingerprint density at radius 1 is 0.440 bits per heavy atom. The van der Waals surface area contributed by atoms with E-state index in [9.17, 15) is 0 Å². The topological polar surface area (TPSA) is 64.7 Å². The molecule has 0 amide bonds. The van der Waals surface area contributed by atoms with Crippen molar-refractivity contribution < 1.29 is 4.42 Å². The van der Waals surface area contributed by atoms with Gasteiger partial charge in [0.25, 0.3) is 0 Å². The Morgan fingerprint density at radius 2 is 1.10 bits per heavy atom. The first kappa shape index (κ1) is 28.5. The lowest BCUT2D eigenvalue weighted by Crippen LogP contribution is -1.96. The monoisotopic (exact) mass is 658 g/mol. The molecule has 10 aromatic rings. The molecule has 234 valence electrons. The van der Waals surface area contributed by atoms with Crippen LogP contribution in [-0.4, -0.2) is 19.9 Å². The van der Waals surface area contributed by atoms with Crippen LogP contribution in [0.2, 0.25) is 0 Å². The van der Waals surface area contributed by atoms with Crippen LogP contribution in [0.4, 0.5) is 0 Å². The number of furan rings is 1. The Labute approximate surface area is 291 Å². The number of hydrogen-bond acceptors (Lipinski definition) is 6. The first-order valence-corrected chi connectivity index (χ1v) is 17.3. The number of thiophene rings is 1. The fourth-order valence-electron chi connectivity index (χ4n) is 6.74. The van der Waals surface area contributed by atoms with E-state index in [1.807, 2.05) is 66.7 Å². The Hall–Kier alpha value is -6.50. The third kappa shape index (κ3) is 4.77. The van der Waals surface area contributed by atoms with E-state index in [1.54, 1.807) is 11.3 Å². The minimum Gasteiger partial charge on any atom is -0.456 e. The summed E-state index contributed by atoms with van der Waals surface area (Å²) in [7, 11) is 0. The fourth-order valence-corrected chi connectivity index (χ4v) is 7.90. The summed E-state index contributed by atoms with van der Waals surface area (Å²) in [5, 5.41) is 3.12. The number of rotatable bonds is 5. The van der Waals surface area contributed by atoms with Crippen LogP contribution in [0.1, 0.15) is 0 Å². The van der Waals surface area contributed by atoms with Gasteiger partial charge in [-0.05, 0) is 30.3 Å². The maximum absolute atomic E-state index is 6.60. The summed E-state index contributed by atoms with van der Waals surface area (Å²) in [6.07, 6.45) is 0. The predicted octanol–water partition coefficient (Wildman–Crippen LogP) is 11.9. The van der Waals surface area contributed by atoms with Crippen LogP contribution in [0.3, 0.4) is 0 Å². The fraction of sp³-hybridized carbons (Fsp3) is 0. The van der Waals surface area contributed by atoms with Crippen LogP contribution in [0.5, 0.6) is 0 Å². The minimum atomic E-state index is 0.651. The van der Waals surface area contributed by atoms with Gasteiger partial charge in [0.15, 0.2) is 11.6 Å². The Kier molecular flexibility index (Phi) is 6.60. The summed E-state index contributed by atoms with van der Waals surface area (Å²) >= 11 is 1.72. The van der Waals surface area contributed by atoms with E-state index >= 15 is 0 Å². The van der Waals surface area contributed by atoms with Gasteiger partial charge >= 0.3 is 0 Å². The van der Waals surface area contributed by atoms with E-state index in [-0.39, 0.29) is 0 Å². The van der Waals surface area contributed by atoms with Crippen molar-refractivity contribution in [1.29, 1.82) is 0 Å². The first-order valence-electron chi connectivity index (χ1n) is 16.5. The Morgan fingerprint density at radius 3 is 1.82 bits per heavy atom. The van der Waals surface area contributed by atoms with Gasteiger partial charge in [-0.25, -0.2) is 19.9 Å². The Balaban J connectivity index is 1.17. The van der Waals surface area contributed by atoms with Crippen molar-refractivity contribution in [3.8, 4) is 56.5 Å². The van der Waals surface area contributed by atoms with Crippen molar-refractivity contribution in [2.24, 2.45) is 0 Å². The lowest BCUT2D eigenvalue weighted by Gasteiger charge is -2.10.